The van der Waals surface area contributed by atoms with Crippen molar-refractivity contribution in [2.45, 2.75) is 37.8 Å². The number of ether oxygens (including phenoxy) is 1. The van der Waals surface area contributed by atoms with E-state index >= 15 is 0 Å². The minimum absolute atomic E-state index is 0.0153. The quantitative estimate of drug-likeness (QED) is 0.398. The molecule has 1 fully saturated rings. The van der Waals surface area contributed by atoms with E-state index in [1.165, 1.54) is 5.48 Å². The van der Waals surface area contributed by atoms with Gasteiger partial charge in [-0.25, -0.2) is 5.48 Å². The Morgan fingerprint density at radius 2 is 2.14 bits per heavy atom. The first kappa shape index (κ1) is 10.9. The van der Waals surface area contributed by atoms with Gasteiger partial charge in [0.15, 0.2) is 0 Å². The molecule has 0 aromatic carbocycles. The van der Waals surface area contributed by atoms with Gasteiger partial charge in [0.25, 0.3) is 5.91 Å². The van der Waals surface area contributed by atoms with Crippen LogP contribution in [0.5, 0.6) is 0 Å². The van der Waals surface area contributed by atoms with Gasteiger partial charge in [-0.15, -0.1) is 0 Å². The Bertz CT molecular complexity index is 230. The van der Waals surface area contributed by atoms with Crippen molar-refractivity contribution in [3.8, 4) is 0 Å². The number of hydrogen-bond acceptors (Lipinski definition) is 4. The van der Waals surface area contributed by atoms with E-state index in [4.69, 9.17) is 15.3 Å². The third kappa shape index (κ3) is 3.28. The zero-order valence-corrected chi connectivity index (χ0v) is 7.85. The molecule has 0 radical (unpaired) electrons. The summed E-state index contributed by atoms with van der Waals surface area (Å²) >= 11 is 0. The maximum absolute atomic E-state index is 10.6. The molecule has 1 aliphatic carbocycles. The fraction of sp³-hybridized carbons (Fsp3) is 0.875. The number of nitrogens with zero attached hydrogens (tertiary/aromatic N) is 2. The third-order valence-electron chi connectivity index (χ3n) is 2.38. The van der Waals surface area contributed by atoms with Crippen molar-refractivity contribution >= 4 is 5.91 Å². The summed E-state index contributed by atoms with van der Waals surface area (Å²) in [6.07, 6.45) is 3.16. The lowest BCUT2D eigenvalue weighted by atomic mass is 9.94. The molecule has 0 saturated heterocycles. The fourth-order valence-corrected chi connectivity index (χ4v) is 1.55. The Balaban J connectivity index is 2.17. The first-order valence-corrected chi connectivity index (χ1v) is 4.65. The molecule has 1 rings (SSSR count). The number of carbonyl (C=O) groups excluding carboxylic acids is 1. The van der Waals surface area contributed by atoms with Gasteiger partial charge in [-0.05, 0) is 12.8 Å². The van der Waals surface area contributed by atoms with Gasteiger partial charge in [-0.3, -0.25) is 10.0 Å². The number of hydrogen-bond donors (Lipinski definition) is 2. The van der Waals surface area contributed by atoms with E-state index < -0.39 is 5.91 Å². The van der Waals surface area contributed by atoms with E-state index in [1.54, 1.807) is 0 Å². The second kappa shape index (κ2) is 5.52. The minimum Gasteiger partial charge on any atom is -0.368 e. The van der Waals surface area contributed by atoms with Crippen LogP contribution in [0.15, 0.2) is 0 Å². The van der Waals surface area contributed by atoms with Gasteiger partial charge in [0.2, 0.25) is 5.39 Å². The standard InChI is InChI=1S/C8H13N3O3/c9-10-6-1-3-7(4-2-6)14-5-8(12)11-13/h6-7H,1-5H2,(H-,11,12,13)/p+1. The van der Waals surface area contributed by atoms with E-state index in [-0.39, 0.29) is 18.8 Å². The highest BCUT2D eigenvalue weighted by molar-refractivity contribution is 5.75. The van der Waals surface area contributed by atoms with Crippen LogP contribution in [0.2, 0.25) is 0 Å². The molecule has 6 heteroatoms. The van der Waals surface area contributed by atoms with E-state index in [9.17, 15) is 4.79 Å². The highest BCUT2D eigenvalue weighted by Crippen LogP contribution is 2.23. The second-order valence-corrected chi connectivity index (χ2v) is 3.39. The molecule has 2 N–H and O–H groups in total. The van der Waals surface area contributed by atoms with Crippen molar-refractivity contribution in [2.24, 2.45) is 0 Å². The summed E-state index contributed by atoms with van der Waals surface area (Å²) in [4.78, 5) is 13.8. The fourth-order valence-electron chi connectivity index (χ4n) is 1.55. The van der Waals surface area contributed by atoms with Gasteiger partial charge in [0, 0.05) is 12.8 Å². The number of hydroxylamine groups is 1. The molecule has 0 spiro atoms. The average Bonchev–Trinajstić information content (AvgIpc) is 2.26. The van der Waals surface area contributed by atoms with Crippen molar-refractivity contribution in [2.75, 3.05) is 6.61 Å². The Morgan fingerprint density at radius 1 is 1.50 bits per heavy atom. The smallest absolute Gasteiger partial charge is 0.314 e. The van der Waals surface area contributed by atoms with E-state index in [2.05, 4.69) is 4.98 Å². The maximum atomic E-state index is 10.6. The van der Waals surface area contributed by atoms with Gasteiger partial charge < -0.3 is 4.74 Å². The molecule has 0 heterocycles. The molecular weight excluding hydrogens is 186 g/mol. The summed E-state index contributed by atoms with van der Waals surface area (Å²) in [6.45, 7) is -0.123. The summed E-state index contributed by atoms with van der Waals surface area (Å²) in [5.74, 6) is -0.543. The average molecular weight is 200 g/mol. The van der Waals surface area contributed by atoms with Crippen LogP contribution in [0, 0.1) is 5.39 Å². The maximum Gasteiger partial charge on any atom is 0.314 e. The Kier molecular flexibility index (Phi) is 4.29. The van der Waals surface area contributed by atoms with Crippen molar-refractivity contribution in [3.63, 3.8) is 0 Å². The number of rotatable bonds is 3. The van der Waals surface area contributed by atoms with Crippen molar-refractivity contribution in [1.82, 2.24) is 5.48 Å². The second-order valence-electron chi connectivity index (χ2n) is 3.39. The van der Waals surface area contributed by atoms with Crippen LogP contribution in [-0.2, 0) is 9.53 Å². The predicted molar refractivity (Wildman–Crippen MR) is 47.0 cm³/mol. The van der Waals surface area contributed by atoms with Gasteiger partial charge in [-0.2, -0.15) is 0 Å². The molecule has 0 aromatic rings. The van der Waals surface area contributed by atoms with Gasteiger partial charge in [-0.1, -0.05) is 0 Å². The van der Waals surface area contributed by atoms with E-state index in [1.807, 2.05) is 0 Å². The zero-order chi connectivity index (χ0) is 10.4. The van der Waals surface area contributed by atoms with Crippen LogP contribution in [0.25, 0.3) is 4.98 Å². The van der Waals surface area contributed by atoms with Gasteiger partial charge >= 0.3 is 6.04 Å². The van der Waals surface area contributed by atoms with Crippen LogP contribution in [-0.4, -0.2) is 29.9 Å². The first-order chi connectivity index (χ1) is 6.76. The van der Waals surface area contributed by atoms with Crippen molar-refractivity contribution < 1.29 is 14.7 Å². The minimum atomic E-state index is -0.543. The monoisotopic (exact) mass is 200 g/mol. The third-order valence-corrected chi connectivity index (χ3v) is 2.38. The molecule has 14 heavy (non-hydrogen) atoms. The summed E-state index contributed by atoms with van der Waals surface area (Å²) < 4.78 is 5.23. The van der Waals surface area contributed by atoms with E-state index in [0.717, 1.165) is 25.7 Å². The molecule has 1 amide bonds. The number of diazo groups is 1. The molecule has 0 atom stereocenters. The number of amides is 1. The normalized spacial score (nSPS) is 26.6. The lowest BCUT2D eigenvalue weighted by Gasteiger charge is -2.20. The van der Waals surface area contributed by atoms with Crippen molar-refractivity contribution in [3.05, 3.63) is 4.98 Å². The lowest BCUT2D eigenvalue weighted by Crippen LogP contribution is -2.29. The lowest BCUT2D eigenvalue weighted by molar-refractivity contribution is -0.136. The SMILES string of the molecule is N#[N+]C1CCC(OCC(=O)NO)CC1. The highest BCUT2D eigenvalue weighted by Gasteiger charge is 2.29. The van der Waals surface area contributed by atoms with Crippen LogP contribution in [0.1, 0.15) is 25.7 Å². The molecule has 78 valence electrons. The molecule has 1 aliphatic rings. The van der Waals surface area contributed by atoms with Crippen molar-refractivity contribution in [1.29, 1.82) is 5.39 Å². The Labute approximate surface area is 81.8 Å². The Hall–Kier alpha value is -1.19. The summed E-state index contributed by atoms with van der Waals surface area (Å²) in [6, 6.07) is 0.0153. The van der Waals surface area contributed by atoms with Crippen LogP contribution in [0.3, 0.4) is 0 Å². The van der Waals surface area contributed by atoms with Crippen LogP contribution >= 0.6 is 0 Å². The zero-order valence-electron chi connectivity index (χ0n) is 7.85. The topological polar surface area (TPSA) is 86.7 Å². The summed E-state index contributed by atoms with van der Waals surface area (Å²) in [5, 5.41) is 16.7. The number of carbonyl (C=O) groups is 1. The summed E-state index contributed by atoms with van der Waals surface area (Å²) in [7, 11) is 0. The molecule has 0 unspecified atom stereocenters. The molecule has 0 aromatic heterocycles. The van der Waals surface area contributed by atoms with Crippen LogP contribution in [0.4, 0.5) is 0 Å². The molecule has 0 bridgehead atoms. The molecule has 0 aliphatic heterocycles. The van der Waals surface area contributed by atoms with Gasteiger partial charge in [0.1, 0.15) is 11.6 Å². The number of nitrogens with one attached hydrogen (secondary N) is 1. The Morgan fingerprint density at radius 3 is 2.64 bits per heavy atom. The predicted octanol–water partition coefficient (Wildman–Crippen LogP) is 0.673. The molecular formula is C8H14N3O3+. The largest absolute Gasteiger partial charge is 0.368 e. The van der Waals surface area contributed by atoms with Crippen LogP contribution < -0.4 is 5.48 Å². The summed E-state index contributed by atoms with van der Waals surface area (Å²) in [5.41, 5.74) is 1.50. The van der Waals surface area contributed by atoms with Gasteiger partial charge in [0.05, 0.1) is 6.10 Å². The highest BCUT2D eigenvalue weighted by atomic mass is 16.5. The molecule has 6 nitrogen and oxygen atoms in total. The van der Waals surface area contributed by atoms with E-state index in [0.29, 0.717) is 0 Å². The molecule has 1 saturated carbocycles. The first-order valence-electron chi connectivity index (χ1n) is 4.65.